The van der Waals surface area contributed by atoms with E-state index in [0.29, 0.717) is 23.8 Å². The Bertz CT molecular complexity index is 830. The minimum Gasteiger partial charge on any atom is -0.484 e. The first-order valence-corrected chi connectivity index (χ1v) is 8.62. The number of nitrogens with zero attached hydrogens (tertiary/aromatic N) is 1. The van der Waals surface area contributed by atoms with Crippen molar-refractivity contribution >= 4 is 35.8 Å². The molecule has 152 valence electrons. The summed E-state index contributed by atoms with van der Waals surface area (Å²) in [6.07, 6.45) is 0. The number of halogens is 2. The van der Waals surface area contributed by atoms with Gasteiger partial charge in [0, 0.05) is 13.6 Å². The van der Waals surface area contributed by atoms with E-state index in [2.05, 4.69) is 15.6 Å². The lowest BCUT2D eigenvalue weighted by atomic mass is 10.1. The van der Waals surface area contributed by atoms with Gasteiger partial charge in [-0.2, -0.15) is 0 Å². The van der Waals surface area contributed by atoms with Crippen LogP contribution in [0.5, 0.6) is 5.75 Å². The molecule has 0 aliphatic heterocycles. The molecule has 0 saturated heterocycles. The first-order chi connectivity index (χ1) is 12.9. The van der Waals surface area contributed by atoms with E-state index >= 15 is 0 Å². The molecule has 0 heterocycles. The third-order valence-electron chi connectivity index (χ3n) is 4.01. The zero-order chi connectivity index (χ0) is 19.8. The van der Waals surface area contributed by atoms with Crippen LogP contribution in [-0.2, 0) is 11.3 Å². The fraction of sp³-hybridized carbons (Fsp3) is 0.300. The first kappa shape index (κ1) is 23.7. The fourth-order valence-corrected chi connectivity index (χ4v) is 2.45. The Kier molecular flexibility index (Phi) is 9.70. The third kappa shape index (κ3) is 7.34. The van der Waals surface area contributed by atoms with Gasteiger partial charge >= 0.3 is 0 Å². The van der Waals surface area contributed by atoms with E-state index in [4.69, 9.17) is 10.5 Å². The van der Waals surface area contributed by atoms with Crippen LogP contribution in [0.2, 0.25) is 0 Å². The Balaban J connectivity index is 0.00000392. The zero-order valence-electron chi connectivity index (χ0n) is 16.2. The Morgan fingerprint density at radius 1 is 1.29 bits per heavy atom. The lowest BCUT2D eigenvalue weighted by Crippen LogP contribution is -2.38. The zero-order valence-corrected chi connectivity index (χ0v) is 18.5. The van der Waals surface area contributed by atoms with Crippen LogP contribution in [0.3, 0.4) is 0 Å². The Morgan fingerprint density at radius 3 is 2.68 bits per heavy atom. The molecule has 4 N–H and O–H groups in total. The second-order valence-electron chi connectivity index (χ2n) is 6.20. The van der Waals surface area contributed by atoms with Crippen molar-refractivity contribution < 1.29 is 13.9 Å². The summed E-state index contributed by atoms with van der Waals surface area (Å²) in [5.41, 5.74) is 7.49. The van der Waals surface area contributed by atoms with Gasteiger partial charge in [0.25, 0.3) is 5.91 Å². The molecule has 2 rings (SSSR count). The van der Waals surface area contributed by atoms with Crippen molar-refractivity contribution in [3.63, 3.8) is 0 Å². The molecule has 2 aromatic carbocycles. The highest BCUT2D eigenvalue weighted by molar-refractivity contribution is 14.0. The number of hydrogen-bond donors (Lipinski definition) is 3. The normalized spacial score (nSPS) is 11.9. The monoisotopic (exact) mass is 500 g/mol. The number of nitrogens with one attached hydrogen (secondary N) is 2. The SMILES string of the molecule is CN=C(NCc1cccc(OCC(N)=O)c1)NC(C)c1ccc(C)c(F)c1.I. The lowest BCUT2D eigenvalue weighted by molar-refractivity contribution is -0.119. The van der Waals surface area contributed by atoms with Gasteiger partial charge < -0.3 is 21.1 Å². The molecule has 0 bridgehead atoms. The quantitative estimate of drug-likeness (QED) is 0.310. The maximum atomic E-state index is 13.8. The molecule has 2 aromatic rings. The maximum absolute atomic E-state index is 13.8. The molecule has 1 atom stereocenters. The average molecular weight is 500 g/mol. The van der Waals surface area contributed by atoms with Crippen molar-refractivity contribution in [3.8, 4) is 5.75 Å². The minimum atomic E-state index is -0.523. The highest BCUT2D eigenvalue weighted by Gasteiger charge is 2.10. The van der Waals surface area contributed by atoms with Gasteiger partial charge in [0.1, 0.15) is 11.6 Å². The van der Waals surface area contributed by atoms with Crippen LogP contribution in [0.25, 0.3) is 0 Å². The predicted octanol–water partition coefficient (Wildman–Crippen LogP) is 3.04. The molecule has 0 aliphatic rings. The summed E-state index contributed by atoms with van der Waals surface area (Å²) < 4.78 is 19.1. The van der Waals surface area contributed by atoms with Gasteiger partial charge in [-0.1, -0.05) is 24.3 Å². The van der Waals surface area contributed by atoms with Crippen LogP contribution in [0.1, 0.15) is 29.7 Å². The number of guanidine groups is 1. The fourth-order valence-electron chi connectivity index (χ4n) is 2.45. The minimum absolute atomic E-state index is 0. The molecule has 8 heteroatoms. The summed E-state index contributed by atoms with van der Waals surface area (Å²) >= 11 is 0. The van der Waals surface area contributed by atoms with Crippen molar-refractivity contribution in [2.75, 3.05) is 13.7 Å². The van der Waals surface area contributed by atoms with Crippen LogP contribution < -0.4 is 21.1 Å². The lowest BCUT2D eigenvalue weighted by Gasteiger charge is -2.19. The van der Waals surface area contributed by atoms with Crippen molar-refractivity contribution in [3.05, 3.63) is 65.0 Å². The topological polar surface area (TPSA) is 88.7 Å². The number of benzene rings is 2. The molecule has 0 aliphatic carbocycles. The highest BCUT2D eigenvalue weighted by atomic mass is 127. The summed E-state index contributed by atoms with van der Waals surface area (Å²) in [5.74, 6) is 0.410. The molecule has 6 nitrogen and oxygen atoms in total. The molecule has 0 saturated carbocycles. The highest BCUT2D eigenvalue weighted by Crippen LogP contribution is 2.16. The molecular formula is C20H26FIN4O2. The standard InChI is InChI=1S/C20H25FN4O2.HI/c1-13-7-8-16(10-18(13)21)14(2)25-20(23-3)24-11-15-5-4-6-17(9-15)27-12-19(22)26;/h4-10,14H,11-12H2,1-3H3,(H2,22,26)(H2,23,24,25);1H. The van der Waals surface area contributed by atoms with Gasteiger partial charge in [0.15, 0.2) is 12.6 Å². The van der Waals surface area contributed by atoms with Gasteiger partial charge in [-0.25, -0.2) is 4.39 Å². The predicted molar refractivity (Wildman–Crippen MR) is 119 cm³/mol. The van der Waals surface area contributed by atoms with Crippen LogP contribution in [0, 0.1) is 12.7 Å². The van der Waals surface area contributed by atoms with E-state index in [1.165, 1.54) is 6.07 Å². The van der Waals surface area contributed by atoms with E-state index in [9.17, 15) is 9.18 Å². The molecule has 1 amide bonds. The van der Waals surface area contributed by atoms with E-state index in [-0.39, 0.29) is 42.4 Å². The number of amides is 1. The van der Waals surface area contributed by atoms with Crippen LogP contribution in [-0.4, -0.2) is 25.5 Å². The average Bonchev–Trinajstić information content (AvgIpc) is 2.65. The molecule has 0 fully saturated rings. The Labute approximate surface area is 181 Å². The van der Waals surface area contributed by atoms with Crippen molar-refractivity contribution in [2.45, 2.75) is 26.4 Å². The number of aliphatic imine (C=N–C) groups is 1. The van der Waals surface area contributed by atoms with Crippen LogP contribution in [0.4, 0.5) is 4.39 Å². The van der Waals surface area contributed by atoms with Gasteiger partial charge in [-0.15, -0.1) is 24.0 Å². The third-order valence-corrected chi connectivity index (χ3v) is 4.01. The second kappa shape index (κ2) is 11.5. The first-order valence-electron chi connectivity index (χ1n) is 8.62. The van der Waals surface area contributed by atoms with Crippen molar-refractivity contribution in [1.82, 2.24) is 10.6 Å². The Morgan fingerprint density at radius 2 is 2.04 bits per heavy atom. The van der Waals surface area contributed by atoms with Gasteiger partial charge in [-0.3, -0.25) is 9.79 Å². The van der Waals surface area contributed by atoms with E-state index in [1.807, 2.05) is 31.2 Å². The summed E-state index contributed by atoms with van der Waals surface area (Å²) in [6.45, 7) is 4.02. The van der Waals surface area contributed by atoms with E-state index in [0.717, 1.165) is 11.1 Å². The van der Waals surface area contributed by atoms with Crippen LogP contribution >= 0.6 is 24.0 Å². The van der Waals surface area contributed by atoms with Gasteiger partial charge in [-0.05, 0) is 48.7 Å². The van der Waals surface area contributed by atoms with Gasteiger partial charge in [0.05, 0.1) is 6.04 Å². The van der Waals surface area contributed by atoms with E-state index < -0.39 is 5.91 Å². The van der Waals surface area contributed by atoms with Crippen molar-refractivity contribution in [1.29, 1.82) is 0 Å². The number of primary amides is 1. The molecule has 0 radical (unpaired) electrons. The number of carbonyl (C=O) groups excluding carboxylic acids is 1. The second-order valence-corrected chi connectivity index (χ2v) is 6.20. The molecule has 28 heavy (non-hydrogen) atoms. The number of rotatable bonds is 7. The smallest absolute Gasteiger partial charge is 0.255 e. The summed E-state index contributed by atoms with van der Waals surface area (Å²) in [7, 11) is 1.67. The molecule has 0 spiro atoms. The number of aryl methyl sites for hydroxylation is 1. The summed E-state index contributed by atoms with van der Waals surface area (Å²) in [6, 6.07) is 12.4. The summed E-state index contributed by atoms with van der Waals surface area (Å²) in [5, 5.41) is 6.44. The number of hydrogen-bond acceptors (Lipinski definition) is 3. The number of carbonyl (C=O) groups is 1. The summed E-state index contributed by atoms with van der Waals surface area (Å²) in [4.78, 5) is 15.0. The van der Waals surface area contributed by atoms with Crippen molar-refractivity contribution in [2.24, 2.45) is 10.7 Å². The largest absolute Gasteiger partial charge is 0.484 e. The number of nitrogens with two attached hydrogens (primary N) is 1. The maximum Gasteiger partial charge on any atom is 0.255 e. The van der Waals surface area contributed by atoms with E-state index in [1.54, 1.807) is 26.1 Å². The molecular weight excluding hydrogens is 474 g/mol. The molecule has 1 unspecified atom stereocenters. The molecule has 0 aromatic heterocycles. The van der Waals surface area contributed by atoms with Gasteiger partial charge in [0.2, 0.25) is 0 Å². The van der Waals surface area contributed by atoms with Crippen LogP contribution in [0.15, 0.2) is 47.5 Å². The number of ether oxygens (including phenoxy) is 1. The Hall–Kier alpha value is -2.36.